The third-order valence-corrected chi connectivity index (χ3v) is 11.9. The van der Waals surface area contributed by atoms with Crippen LogP contribution >= 0.6 is 23.2 Å². The van der Waals surface area contributed by atoms with E-state index in [4.69, 9.17) is 42.1 Å². The molecule has 1 aromatic heterocycles. The Balaban J connectivity index is 1.22. The van der Waals surface area contributed by atoms with Crippen LogP contribution in [-0.4, -0.2) is 75.5 Å². The number of sulfonamides is 1. The number of anilines is 1. The van der Waals surface area contributed by atoms with Gasteiger partial charge in [0.25, 0.3) is 0 Å². The summed E-state index contributed by atoms with van der Waals surface area (Å²) < 4.78 is 76.6. The summed E-state index contributed by atoms with van der Waals surface area (Å²) in [5.41, 5.74) is 2.10. The molecular formula is C42H44Cl2F2N4O8S. The summed E-state index contributed by atoms with van der Waals surface area (Å²) in [5, 5.41) is 3.67. The van der Waals surface area contributed by atoms with Gasteiger partial charge in [-0.1, -0.05) is 59.6 Å². The van der Waals surface area contributed by atoms with Crippen molar-refractivity contribution in [2.45, 2.75) is 63.5 Å². The number of aromatic nitrogens is 1. The van der Waals surface area contributed by atoms with Gasteiger partial charge in [0.15, 0.2) is 17.5 Å². The Kier molecular flexibility index (Phi) is 13.6. The molecule has 4 aliphatic rings. The molecule has 0 radical (unpaired) electrons. The predicted octanol–water partition coefficient (Wildman–Crippen LogP) is 7.76. The maximum atomic E-state index is 14.3. The third-order valence-electron chi connectivity index (χ3n) is 10.6. The lowest BCUT2D eigenvalue weighted by Crippen LogP contribution is -2.52. The van der Waals surface area contributed by atoms with Gasteiger partial charge < -0.3 is 24.3 Å². The number of rotatable bonds is 18. The van der Waals surface area contributed by atoms with E-state index in [2.05, 4.69) is 19.9 Å². The van der Waals surface area contributed by atoms with Gasteiger partial charge in [0.1, 0.15) is 12.2 Å². The highest BCUT2D eigenvalue weighted by atomic mass is 35.5. The number of fused-ring (bicyclic) bond motifs is 3. The number of benzene rings is 3. The van der Waals surface area contributed by atoms with Crippen molar-refractivity contribution in [1.29, 1.82) is 0 Å². The van der Waals surface area contributed by atoms with Gasteiger partial charge in [-0.2, -0.15) is 8.78 Å². The van der Waals surface area contributed by atoms with Crippen molar-refractivity contribution in [3.8, 4) is 11.5 Å². The highest BCUT2D eigenvalue weighted by Crippen LogP contribution is 2.39. The Morgan fingerprint density at radius 1 is 0.932 bits per heavy atom. The molecule has 0 spiro atoms. The fourth-order valence-corrected chi connectivity index (χ4v) is 8.28. The lowest BCUT2D eigenvalue weighted by Gasteiger charge is -2.44. The summed E-state index contributed by atoms with van der Waals surface area (Å²) in [5.74, 6) is -0.914. The minimum absolute atomic E-state index is 0.0117. The molecule has 1 aliphatic carbocycles. The maximum absolute atomic E-state index is 14.3. The summed E-state index contributed by atoms with van der Waals surface area (Å²) in [6.07, 6.45) is 6.19. The van der Waals surface area contributed by atoms with Gasteiger partial charge in [0.05, 0.1) is 28.5 Å². The zero-order valence-corrected chi connectivity index (χ0v) is 34.4. The molecule has 12 nitrogen and oxygen atoms in total. The van der Waals surface area contributed by atoms with Crippen molar-refractivity contribution < 1.29 is 45.7 Å². The molecule has 2 bridgehead atoms. The first kappa shape index (κ1) is 42.6. The smallest absolute Gasteiger partial charge is 0.387 e. The predicted molar refractivity (Wildman–Crippen MR) is 217 cm³/mol. The number of nitrogens with one attached hydrogen (secondary N) is 2. The molecule has 1 unspecified atom stereocenters. The van der Waals surface area contributed by atoms with Gasteiger partial charge in [-0.15, -0.1) is 0 Å². The highest BCUT2D eigenvalue weighted by Gasteiger charge is 2.38. The molecular weight excluding hydrogens is 829 g/mol. The molecule has 4 aromatic rings. The number of pyridine rings is 1. The molecule has 3 saturated heterocycles. The van der Waals surface area contributed by atoms with Crippen molar-refractivity contribution in [3.05, 3.63) is 117 Å². The Hall–Kier alpha value is -4.54. The number of hydrogen-bond acceptors (Lipinski definition) is 11. The SMILES string of the molecule is CS(=O)(=O)NCc1cc(NC(C(=O)O[C@H]2CN3CCC2CC3)c2ccccc2)cc(C(=O)O[C@@H](Cc2c(Cl)cncc2Cl)c2ccc(OC(F)F)c(OCC3CC3)c2)c1. The fraction of sp³-hybridized carbons (Fsp3) is 0.405. The molecule has 3 atom stereocenters. The molecule has 4 heterocycles. The number of piperidine rings is 3. The van der Waals surface area contributed by atoms with E-state index in [0.717, 1.165) is 45.0 Å². The summed E-state index contributed by atoms with van der Waals surface area (Å²) in [6.45, 7) is -0.395. The van der Waals surface area contributed by atoms with Gasteiger partial charge >= 0.3 is 18.6 Å². The second kappa shape index (κ2) is 18.8. The number of carbonyl (C=O) groups is 2. The van der Waals surface area contributed by atoms with Gasteiger partial charge in [-0.05, 0) is 103 Å². The molecule has 8 rings (SSSR count). The lowest BCUT2D eigenvalue weighted by molar-refractivity contribution is -0.159. The Bertz CT molecular complexity index is 2220. The van der Waals surface area contributed by atoms with Crippen LogP contribution in [0, 0.1) is 11.8 Å². The van der Waals surface area contributed by atoms with Crippen molar-refractivity contribution in [3.63, 3.8) is 0 Å². The van der Waals surface area contributed by atoms with Crippen LogP contribution in [0.25, 0.3) is 0 Å². The zero-order chi connectivity index (χ0) is 41.7. The van der Waals surface area contributed by atoms with Crippen LogP contribution in [0.5, 0.6) is 11.5 Å². The number of alkyl halides is 2. The van der Waals surface area contributed by atoms with Gasteiger partial charge in [0, 0.05) is 37.6 Å². The van der Waals surface area contributed by atoms with Crippen molar-refractivity contribution >= 4 is 50.9 Å². The first-order valence-corrected chi connectivity index (χ1v) is 22.0. The average Bonchev–Trinajstić information content (AvgIpc) is 4.05. The molecule has 2 N–H and O–H groups in total. The average molecular weight is 874 g/mol. The Morgan fingerprint density at radius 3 is 2.31 bits per heavy atom. The minimum atomic E-state index is -3.65. The summed E-state index contributed by atoms with van der Waals surface area (Å²) >= 11 is 13.0. The third kappa shape index (κ3) is 11.6. The van der Waals surface area contributed by atoms with E-state index >= 15 is 0 Å². The largest absolute Gasteiger partial charge is 0.489 e. The van der Waals surface area contributed by atoms with E-state index in [1.807, 2.05) is 6.07 Å². The van der Waals surface area contributed by atoms with Gasteiger partial charge in [-0.25, -0.2) is 22.7 Å². The van der Waals surface area contributed by atoms with E-state index in [9.17, 15) is 26.8 Å². The Labute approximate surface area is 351 Å². The van der Waals surface area contributed by atoms with Crippen molar-refractivity contribution in [1.82, 2.24) is 14.6 Å². The normalized spacial score (nSPS) is 19.8. The standard InChI is InChI=1S/C42H44Cl2F2N4O8S/c1-59(53,54)48-20-26-15-30(17-31(16-26)49-39(28-5-3-2-4-6-28)41(52)57-38-23-50-13-11-27(38)12-14-50)40(51)56-36(19-32-33(43)21-47-22-34(32)44)29-9-10-35(58-42(45)46)37(18-29)55-24-25-7-8-25/h2-6,9-10,15-18,21-22,25,27,36,38-39,42,48-49H,7-8,11-14,19-20,23-24H2,1H3/t36-,38-,39?/m0/s1. The summed E-state index contributed by atoms with van der Waals surface area (Å²) in [7, 11) is -3.65. The van der Waals surface area contributed by atoms with Crippen LogP contribution in [0.3, 0.4) is 0 Å². The van der Waals surface area contributed by atoms with Crippen molar-refractivity contribution in [2.75, 3.05) is 37.8 Å². The van der Waals surface area contributed by atoms with Crippen LogP contribution in [0.2, 0.25) is 10.0 Å². The monoisotopic (exact) mass is 872 g/mol. The number of ether oxygens (including phenoxy) is 4. The molecule has 59 heavy (non-hydrogen) atoms. The highest BCUT2D eigenvalue weighted by molar-refractivity contribution is 7.88. The fourth-order valence-electron chi connectivity index (χ4n) is 7.33. The quantitative estimate of drug-likeness (QED) is 0.0947. The number of halogens is 4. The van der Waals surface area contributed by atoms with Crippen LogP contribution < -0.4 is 19.5 Å². The number of carbonyl (C=O) groups excluding carboxylic acids is 2. The molecule has 3 aromatic carbocycles. The van der Waals surface area contributed by atoms with E-state index < -0.39 is 40.7 Å². The first-order valence-electron chi connectivity index (χ1n) is 19.3. The topological polar surface area (TPSA) is 145 Å². The van der Waals surface area contributed by atoms with E-state index in [-0.39, 0.29) is 64.6 Å². The van der Waals surface area contributed by atoms with E-state index in [0.29, 0.717) is 34.5 Å². The Morgan fingerprint density at radius 2 is 1.66 bits per heavy atom. The lowest BCUT2D eigenvalue weighted by atomic mass is 9.86. The van der Waals surface area contributed by atoms with E-state index in [1.54, 1.807) is 30.3 Å². The number of nitrogens with zero attached hydrogens (tertiary/aromatic N) is 2. The van der Waals surface area contributed by atoms with E-state index in [1.165, 1.54) is 42.7 Å². The molecule has 17 heteroatoms. The van der Waals surface area contributed by atoms with Gasteiger partial charge in [-0.3, -0.25) is 9.88 Å². The van der Waals surface area contributed by atoms with Crippen LogP contribution in [0.1, 0.15) is 70.4 Å². The molecule has 1 saturated carbocycles. The summed E-state index contributed by atoms with van der Waals surface area (Å²) in [6, 6.07) is 16.9. The summed E-state index contributed by atoms with van der Waals surface area (Å²) in [4.78, 5) is 34.6. The molecule has 0 amide bonds. The van der Waals surface area contributed by atoms with Crippen LogP contribution in [-0.2, 0) is 37.3 Å². The number of esters is 2. The molecule has 314 valence electrons. The second-order valence-electron chi connectivity index (χ2n) is 15.1. The van der Waals surface area contributed by atoms with Crippen molar-refractivity contribution in [2.24, 2.45) is 11.8 Å². The molecule has 4 fully saturated rings. The number of hydrogen-bond donors (Lipinski definition) is 2. The molecule has 3 aliphatic heterocycles. The maximum Gasteiger partial charge on any atom is 0.387 e. The van der Waals surface area contributed by atoms with Gasteiger partial charge in [0.2, 0.25) is 10.0 Å². The minimum Gasteiger partial charge on any atom is -0.489 e. The zero-order valence-electron chi connectivity index (χ0n) is 32.1. The first-order chi connectivity index (χ1) is 28.3. The van der Waals surface area contributed by atoms with Crippen LogP contribution in [0.4, 0.5) is 14.5 Å². The second-order valence-corrected chi connectivity index (χ2v) is 17.8. The van der Waals surface area contributed by atoms with Crippen LogP contribution in [0.15, 0.2) is 79.1 Å².